The summed E-state index contributed by atoms with van der Waals surface area (Å²) in [4.78, 5) is 11.2. The number of hydrogen-bond donors (Lipinski definition) is 1. The van der Waals surface area contributed by atoms with Crippen LogP contribution in [-0.2, 0) is 0 Å². The Morgan fingerprint density at radius 2 is 2.00 bits per heavy atom. The second-order valence-electron chi connectivity index (χ2n) is 3.90. The number of methoxy groups -OCH3 is 1. The molecule has 0 spiro atoms. The topological polar surface area (TPSA) is 52.3 Å². The Kier molecular flexibility index (Phi) is 3.71. The molecule has 98 valence electrons. The standard InChI is InChI=1S/C14H11ClFNO2/c1-19-13-5-3-9(15)7-10(13)8-2-4-12(16)11(6-8)14(17)18/h2-7H,1H3,(H2,17,18). The molecule has 0 aliphatic carbocycles. The average Bonchev–Trinajstić information content (AvgIpc) is 2.39. The molecule has 2 N–H and O–H groups in total. The summed E-state index contributed by atoms with van der Waals surface area (Å²) in [6.45, 7) is 0. The van der Waals surface area contributed by atoms with Gasteiger partial charge < -0.3 is 10.5 Å². The normalized spacial score (nSPS) is 10.3. The zero-order valence-corrected chi connectivity index (χ0v) is 10.9. The van der Waals surface area contributed by atoms with Gasteiger partial charge in [0, 0.05) is 10.6 Å². The Morgan fingerprint density at radius 1 is 1.26 bits per heavy atom. The maximum atomic E-state index is 13.4. The third kappa shape index (κ3) is 2.69. The van der Waals surface area contributed by atoms with Crippen molar-refractivity contribution in [2.24, 2.45) is 5.73 Å². The Hall–Kier alpha value is -2.07. The highest BCUT2D eigenvalue weighted by molar-refractivity contribution is 6.31. The highest BCUT2D eigenvalue weighted by Crippen LogP contribution is 2.33. The molecule has 0 aliphatic rings. The summed E-state index contributed by atoms with van der Waals surface area (Å²) >= 11 is 5.94. The number of carbonyl (C=O) groups is 1. The SMILES string of the molecule is COc1ccc(Cl)cc1-c1ccc(F)c(C(N)=O)c1. The summed E-state index contributed by atoms with van der Waals surface area (Å²) in [5.74, 6) is -0.899. The number of amides is 1. The smallest absolute Gasteiger partial charge is 0.251 e. The predicted molar refractivity (Wildman–Crippen MR) is 71.9 cm³/mol. The van der Waals surface area contributed by atoms with Gasteiger partial charge in [-0.15, -0.1) is 0 Å². The van der Waals surface area contributed by atoms with Crippen molar-refractivity contribution < 1.29 is 13.9 Å². The van der Waals surface area contributed by atoms with E-state index in [4.69, 9.17) is 22.1 Å². The van der Waals surface area contributed by atoms with Crippen molar-refractivity contribution in [3.05, 3.63) is 52.8 Å². The van der Waals surface area contributed by atoms with E-state index in [-0.39, 0.29) is 5.56 Å². The summed E-state index contributed by atoms with van der Waals surface area (Å²) in [5, 5.41) is 0.515. The molecule has 19 heavy (non-hydrogen) atoms. The van der Waals surface area contributed by atoms with Gasteiger partial charge in [0.15, 0.2) is 0 Å². The fraction of sp³-hybridized carbons (Fsp3) is 0.0714. The summed E-state index contributed by atoms with van der Waals surface area (Å²) in [6.07, 6.45) is 0. The molecule has 1 amide bonds. The monoisotopic (exact) mass is 279 g/mol. The van der Waals surface area contributed by atoms with E-state index in [1.165, 1.54) is 25.3 Å². The third-order valence-corrected chi connectivity index (χ3v) is 2.94. The van der Waals surface area contributed by atoms with Crippen LogP contribution in [0.1, 0.15) is 10.4 Å². The molecule has 0 saturated heterocycles. The number of hydrogen-bond acceptors (Lipinski definition) is 2. The highest BCUT2D eigenvalue weighted by atomic mass is 35.5. The van der Waals surface area contributed by atoms with E-state index in [1.807, 2.05) is 0 Å². The molecule has 0 unspecified atom stereocenters. The fourth-order valence-electron chi connectivity index (χ4n) is 1.79. The van der Waals surface area contributed by atoms with E-state index < -0.39 is 11.7 Å². The highest BCUT2D eigenvalue weighted by Gasteiger charge is 2.12. The number of carbonyl (C=O) groups excluding carboxylic acids is 1. The molecule has 0 fully saturated rings. The first-order chi connectivity index (χ1) is 9.02. The average molecular weight is 280 g/mol. The number of rotatable bonds is 3. The summed E-state index contributed by atoms with van der Waals surface area (Å²) in [5.41, 5.74) is 6.23. The predicted octanol–water partition coefficient (Wildman–Crippen LogP) is 3.25. The van der Waals surface area contributed by atoms with Crippen molar-refractivity contribution in [2.75, 3.05) is 7.11 Å². The summed E-state index contributed by atoms with van der Waals surface area (Å²) in [6, 6.07) is 9.17. The third-order valence-electron chi connectivity index (χ3n) is 2.70. The van der Waals surface area contributed by atoms with Crippen molar-refractivity contribution in [1.29, 1.82) is 0 Å². The maximum absolute atomic E-state index is 13.4. The maximum Gasteiger partial charge on any atom is 0.251 e. The second-order valence-corrected chi connectivity index (χ2v) is 4.34. The van der Waals surface area contributed by atoms with Crippen LogP contribution in [0.5, 0.6) is 5.75 Å². The molecule has 2 aromatic rings. The lowest BCUT2D eigenvalue weighted by molar-refractivity contribution is 0.0996. The Morgan fingerprint density at radius 3 is 2.63 bits per heavy atom. The first-order valence-electron chi connectivity index (χ1n) is 5.46. The van der Waals surface area contributed by atoms with Gasteiger partial charge in [-0.2, -0.15) is 0 Å². The van der Waals surface area contributed by atoms with Crippen LogP contribution in [0.25, 0.3) is 11.1 Å². The zero-order chi connectivity index (χ0) is 14.0. The Bertz CT molecular complexity index is 643. The van der Waals surface area contributed by atoms with Crippen LogP contribution in [0.2, 0.25) is 5.02 Å². The lowest BCUT2D eigenvalue weighted by Crippen LogP contribution is -2.13. The number of nitrogens with two attached hydrogens (primary N) is 1. The van der Waals surface area contributed by atoms with Crippen LogP contribution in [0.15, 0.2) is 36.4 Å². The van der Waals surface area contributed by atoms with Gasteiger partial charge in [-0.05, 0) is 35.9 Å². The molecule has 0 radical (unpaired) electrons. The van der Waals surface area contributed by atoms with Gasteiger partial charge in [-0.1, -0.05) is 17.7 Å². The van der Waals surface area contributed by atoms with Crippen molar-refractivity contribution in [1.82, 2.24) is 0 Å². The van der Waals surface area contributed by atoms with E-state index in [0.717, 1.165) is 0 Å². The molecule has 0 aliphatic heterocycles. The Balaban J connectivity index is 2.62. The number of primary amides is 1. The van der Waals surface area contributed by atoms with E-state index >= 15 is 0 Å². The van der Waals surface area contributed by atoms with Crippen LogP contribution in [0.4, 0.5) is 4.39 Å². The van der Waals surface area contributed by atoms with Crippen LogP contribution >= 0.6 is 11.6 Å². The second kappa shape index (κ2) is 5.28. The minimum absolute atomic E-state index is 0.167. The minimum atomic E-state index is -0.819. The van der Waals surface area contributed by atoms with Gasteiger partial charge in [0.05, 0.1) is 12.7 Å². The van der Waals surface area contributed by atoms with Crippen molar-refractivity contribution in [3.8, 4) is 16.9 Å². The fourth-order valence-corrected chi connectivity index (χ4v) is 1.96. The molecule has 2 rings (SSSR count). The summed E-state index contributed by atoms with van der Waals surface area (Å²) < 4.78 is 18.7. The Labute approximate surface area is 114 Å². The molecular formula is C14H11ClFNO2. The lowest BCUT2D eigenvalue weighted by atomic mass is 10.0. The van der Waals surface area contributed by atoms with E-state index in [1.54, 1.807) is 18.2 Å². The minimum Gasteiger partial charge on any atom is -0.496 e. The molecule has 0 saturated carbocycles. The van der Waals surface area contributed by atoms with Crippen LogP contribution in [0.3, 0.4) is 0 Å². The molecule has 0 atom stereocenters. The number of ether oxygens (including phenoxy) is 1. The van der Waals surface area contributed by atoms with Gasteiger partial charge in [0.2, 0.25) is 0 Å². The van der Waals surface area contributed by atoms with Crippen LogP contribution < -0.4 is 10.5 Å². The molecule has 0 heterocycles. The van der Waals surface area contributed by atoms with Gasteiger partial charge >= 0.3 is 0 Å². The van der Waals surface area contributed by atoms with E-state index in [0.29, 0.717) is 21.9 Å². The van der Waals surface area contributed by atoms with E-state index in [2.05, 4.69) is 0 Å². The van der Waals surface area contributed by atoms with Gasteiger partial charge in [0.1, 0.15) is 11.6 Å². The van der Waals surface area contributed by atoms with E-state index in [9.17, 15) is 9.18 Å². The first kappa shape index (κ1) is 13.4. The molecule has 0 bridgehead atoms. The van der Waals surface area contributed by atoms with Gasteiger partial charge in [0.25, 0.3) is 5.91 Å². The largest absolute Gasteiger partial charge is 0.496 e. The number of benzene rings is 2. The quantitative estimate of drug-likeness (QED) is 0.937. The van der Waals surface area contributed by atoms with Crippen LogP contribution in [-0.4, -0.2) is 13.0 Å². The van der Waals surface area contributed by atoms with Crippen molar-refractivity contribution in [2.45, 2.75) is 0 Å². The van der Waals surface area contributed by atoms with Crippen molar-refractivity contribution in [3.63, 3.8) is 0 Å². The first-order valence-corrected chi connectivity index (χ1v) is 5.84. The molecule has 2 aromatic carbocycles. The zero-order valence-electron chi connectivity index (χ0n) is 10.1. The molecule has 5 heteroatoms. The molecule has 0 aromatic heterocycles. The molecular weight excluding hydrogens is 269 g/mol. The van der Waals surface area contributed by atoms with Gasteiger partial charge in [-0.3, -0.25) is 4.79 Å². The molecule has 3 nitrogen and oxygen atoms in total. The van der Waals surface area contributed by atoms with Crippen molar-refractivity contribution >= 4 is 17.5 Å². The number of halogens is 2. The summed E-state index contributed by atoms with van der Waals surface area (Å²) in [7, 11) is 1.52. The van der Waals surface area contributed by atoms with Gasteiger partial charge in [-0.25, -0.2) is 4.39 Å². The van der Waals surface area contributed by atoms with Crippen LogP contribution in [0, 0.1) is 5.82 Å². The lowest BCUT2D eigenvalue weighted by Gasteiger charge is -2.10.